The van der Waals surface area contributed by atoms with E-state index in [9.17, 15) is 0 Å². The molecular formula is C14H26N4O. The van der Waals surface area contributed by atoms with Gasteiger partial charge in [0.25, 0.3) is 0 Å². The SMILES string of the molecule is CCN(Cc1cnn(CCO)c1)C1CCCC1CN. The second-order valence-electron chi connectivity index (χ2n) is 5.39. The number of aliphatic hydroxyl groups is 1. The number of aliphatic hydroxyl groups excluding tert-OH is 1. The molecule has 0 aliphatic heterocycles. The Balaban J connectivity index is 1.97. The summed E-state index contributed by atoms with van der Waals surface area (Å²) >= 11 is 0. The minimum Gasteiger partial charge on any atom is -0.394 e. The quantitative estimate of drug-likeness (QED) is 0.767. The first-order valence-electron chi connectivity index (χ1n) is 7.34. The summed E-state index contributed by atoms with van der Waals surface area (Å²) in [6.07, 6.45) is 7.77. The Morgan fingerprint density at radius 2 is 2.37 bits per heavy atom. The first kappa shape index (κ1) is 14.5. The number of hydrogen-bond acceptors (Lipinski definition) is 4. The van der Waals surface area contributed by atoms with Crippen LogP contribution < -0.4 is 5.73 Å². The van der Waals surface area contributed by atoms with Crippen LogP contribution in [-0.4, -0.2) is 45.5 Å². The van der Waals surface area contributed by atoms with Crippen molar-refractivity contribution in [2.24, 2.45) is 11.7 Å². The van der Waals surface area contributed by atoms with E-state index in [0.29, 0.717) is 18.5 Å². The number of nitrogens with zero attached hydrogens (tertiary/aromatic N) is 3. The minimum absolute atomic E-state index is 0.135. The van der Waals surface area contributed by atoms with Crippen molar-refractivity contribution in [2.45, 2.75) is 45.3 Å². The summed E-state index contributed by atoms with van der Waals surface area (Å²) in [6, 6.07) is 0.621. The molecule has 1 aliphatic rings. The molecule has 1 fully saturated rings. The molecule has 0 aromatic carbocycles. The molecule has 0 spiro atoms. The van der Waals surface area contributed by atoms with Crippen LogP contribution >= 0.6 is 0 Å². The van der Waals surface area contributed by atoms with Gasteiger partial charge in [0.2, 0.25) is 0 Å². The van der Waals surface area contributed by atoms with Crippen molar-refractivity contribution in [2.75, 3.05) is 19.7 Å². The van der Waals surface area contributed by atoms with Crippen LogP contribution in [-0.2, 0) is 13.1 Å². The van der Waals surface area contributed by atoms with Crippen LogP contribution in [0.1, 0.15) is 31.7 Å². The summed E-state index contributed by atoms with van der Waals surface area (Å²) in [5.74, 6) is 0.646. The van der Waals surface area contributed by atoms with Gasteiger partial charge in [-0.1, -0.05) is 13.3 Å². The summed E-state index contributed by atoms with van der Waals surface area (Å²) in [7, 11) is 0. The zero-order valence-corrected chi connectivity index (χ0v) is 11.8. The normalized spacial score (nSPS) is 23.4. The molecule has 108 valence electrons. The van der Waals surface area contributed by atoms with E-state index >= 15 is 0 Å². The van der Waals surface area contributed by atoms with Crippen molar-refractivity contribution in [3.05, 3.63) is 18.0 Å². The summed E-state index contributed by atoms with van der Waals surface area (Å²) in [6.45, 7) is 5.70. The number of rotatable bonds is 7. The molecule has 0 saturated heterocycles. The van der Waals surface area contributed by atoms with E-state index in [-0.39, 0.29) is 6.61 Å². The van der Waals surface area contributed by atoms with Gasteiger partial charge in [-0.05, 0) is 31.8 Å². The molecule has 1 aromatic heterocycles. The molecule has 1 aromatic rings. The Morgan fingerprint density at radius 1 is 1.53 bits per heavy atom. The Hall–Kier alpha value is -0.910. The van der Waals surface area contributed by atoms with Gasteiger partial charge in [0.1, 0.15) is 0 Å². The van der Waals surface area contributed by atoms with Crippen LogP contribution in [0.3, 0.4) is 0 Å². The van der Waals surface area contributed by atoms with Gasteiger partial charge in [0.05, 0.1) is 19.3 Å². The third-order valence-electron chi connectivity index (χ3n) is 4.20. The average molecular weight is 266 g/mol. The van der Waals surface area contributed by atoms with Crippen molar-refractivity contribution in [1.82, 2.24) is 14.7 Å². The second kappa shape index (κ2) is 7.03. The standard InChI is InChI=1S/C14H26N4O/c1-2-17(14-5-3-4-13(14)8-15)10-12-9-16-18(11-12)6-7-19/h9,11,13-14,19H,2-8,10,15H2,1H3. The number of nitrogens with two attached hydrogens (primary N) is 1. The molecule has 1 heterocycles. The monoisotopic (exact) mass is 266 g/mol. The van der Waals surface area contributed by atoms with Gasteiger partial charge >= 0.3 is 0 Å². The first-order chi connectivity index (χ1) is 9.28. The van der Waals surface area contributed by atoms with E-state index < -0.39 is 0 Å². The third-order valence-corrected chi connectivity index (χ3v) is 4.20. The lowest BCUT2D eigenvalue weighted by molar-refractivity contribution is 0.162. The molecule has 5 heteroatoms. The van der Waals surface area contributed by atoms with Crippen LogP contribution in [0.25, 0.3) is 0 Å². The maximum atomic E-state index is 8.91. The van der Waals surface area contributed by atoms with Crippen molar-refractivity contribution in [1.29, 1.82) is 0 Å². The highest BCUT2D eigenvalue weighted by atomic mass is 16.3. The van der Waals surface area contributed by atoms with Crippen LogP contribution in [0.15, 0.2) is 12.4 Å². The number of aromatic nitrogens is 2. The van der Waals surface area contributed by atoms with Gasteiger partial charge in [0, 0.05) is 24.3 Å². The molecule has 0 bridgehead atoms. The minimum atomic E-state index is 0.135. The van der Waals surface area contributed by atoms with Crippen molar-refractivity contribution < 1.29 is 5.11 Å². The zero-order chi connectivity index (χ0) is 13.7. The topological polar surface area (TPSA) is 67.3 Å². The zero-order valence-electron chi connectivity index (χ0n) is 11.8. The van der Waals surface area contributed by atoms with E-state index in [1.54, 1.807) is 4.68 Å². The number of hydrogen-bond donors (Lipinski definition) is 2. The summed E-state index contributed by atoms with van der Waals surface area (Å²) in [5.41, 5.74) is 7.10. The highest BCUT2D eigenvalue weighted by Crippen LogP contribution is 2.30. The maximum absolute atomic E-state index is 8.91. The van der Waals surface area contributed by atoms with Crippen LogP contribution in [0, 0.1) is 5.92 Å². The molecule has 3 N–H and O–H groups in total. The second-order valence-corrected chi connectivity index (χ2v) is 5.39. The van der Waals surface area contributed by atoms with Gasteiger partial charge < -0.3 is 10.8 Å². The van der Waals surface area contributed by atoms with E-state index in [4.69, 9.17) is 10.8 Å². The summed E-state index contributed by atoms with van der Waals surface area (Å²) in [4.78, 5) is 2.52. The lowest BCUT2D eigenvalue weighted by Crippen LogP contribution is -2.39. The lowest BCUT2D eigenvalue weighted by atomic mass is 10.0. The molecule has 1 saturated carbocycles. The highest BCUT2D eigenvalue weighted by Gasteiger charge is 2.30. The smallest absolute Gasteiger partial charge is 0.0640 e. The van der Waals surface area contributed by atoms with Gasteiger partial charge in [-0.15, -0.1) is 0 Å². The Morgan fingerprint density at radius 3 is 3.05 bits per heavy atom. The van der Waals surface area contributed by atoms with Crippen molar-refractivity contribution in [3.63, 3.8) is 0 Å². The fraction of sp³-hybridized carbons (Fsp3) is 0.786. The lowest BCUT2D eigenvalue weighted by Gasteiger charge is -2.31. The highest BCUT2D eigenvalue weighted by molar-refractivity contribution is 5.04. The molecule has 2 rings (SSSR count). The molecule has 5 nitrogen and oxygen atoms in total. The largest absolute Gasteiger partial charge is 0.394 e. The summed E-state index contributed by atoms with van der Waals surface area (Å²) < 4.78 is 1.80. The molecule has 0 amide bonds. The van der Waals surface area contributed by atoms with Crippen LogP contribution in [0.5, 0.6) is 0 Å². The van der Waals surface area contributed by atoms with E-state index in [1.165, 1.54) is 24.8 Å². The molecule has 19 heavy (non-hydrogen) atoms. The molecule has 2 unspecified atom stereocenters. The predicted octanol–water partition coefficient (Wildman–Crippen LogP) is 0.825. The van der Waals surface area contributed by atoms with E-state index in [0.717, 1.165) is 19.6 Å². The van der Waals surface area contributed by atoms with Gasteiger partial charge in [-0.2, -0.15) is 5.10 Å². The predicted molar refractivity (Wildman–Crippen MR) is 75.6 cm³/mol. The molecule has 0 radical (unpaired) electrons. The molecule has 2 atom stereocenters. The van der Waals surface area contributed by atoms with Crippen molar-refractivity contribution >= 4 is 0 Å². The van der Waals surface area contributed by atoms with E-state index in [1.807, 2.05) is 12.4 Å². The van der Waals surface area contributed by atoms with Crippen LogP contribution in [0.2, 0.25) is 0 Å². The fourth-order valence-electron chi connectivity index (χ4n) is 3.18. The van der Waals surface area contributed by atoms with Gasteiger partial charge in [-0.25, -0.2) is 0 Å². The Bertz CT molecular complexity index is 379. The first-order valence-corrected chi connectivity index (χ1v) is 7.34. The molecular weight excluding hydrogens is 240 g/mol. The van der Waals surface area contributed by atoms with E-state index in [2.05, 4.69) is 16.9 Å². The Kier molecular flexibility index (Phi) is 5.36. The fourth-order valence-corrected chi connectivity index (χ4v) is 3.18. The average Bonchev–Trinajstić information content (AvgIpc) is 3.05. The molecule has 1 aliphatic carbocycles. The van der Waals surface area contributed by atoms with Gasteiger partial charge in [-0.3, -0.25) is 9.58 Å². The van der Waals surface area contributed by atoms with Gasteiger partial charge in [0.15, 0.2) is 0 Å². The van der Waals surface area contributed by atoms with Crippen LogP contribution in [0.4, 0.5) is 0 Å². The van der Waals surface area contributed by atoms with Crippen molar-refractivity contribution in [3.8, 4) is 0 Å². The summed E-state index contributed by atoms with van der Waals surface area (Å²) in [5, 5.41) is 13.2. The maximum Gasteiger partial charge on any atom is 0.0640 e. The third kappa shape index (κ3) is 3.55. The Labute approximate surface area is 115 Å².